The predicted molar refractivity (Wildman–Crippen MR) is 222 cm³/mol. The van der Waals surface area contributed by atoms with E-state index in [1.165, 1.54) is 39.9 Å². The quantitative estimate of drug-likeness (QED) is 0.0821. The van der Waals surface area contributed by atoms with Gasteiger partial charge in [0.15, 0.2) is 5.78 Å². The summed E-state index contributed by atoms with van der Waals surface area (Å²) in [5, 5.41) is 10.5. The third kappa shape index (κ3) is 10.3. The molecule has 1 saturated heterocycles. The monoisotopic (exact) mass is 716 g/mol. The van der Waals surface area contributed by atoms with Crippen LogP contribution in [0.15, 0.2) is 91.0 Å². The molecule has 1 heterocycles. The summed E-state index contributed by atoms with van der Waals surface area (Å²) in [6.45, 7) is 21.3. The van der Waals surface area contributed by atoms with Gasteiger partial charge in [-0.25, -0.2) is 0 Å². The standard InChI is InChI=1S/C48H64N2O3/c1-8-36(7)45-33-41(51)21-25-44(45)47(46(34(3)4)38-16-12-10-13-17-38)39-18-22-42(23-19-39)53-31-15-11-14-26-49-27-29-50(30-28-49)40-20-24-43(37(9-2)32-40)48(52)35(5)6/h10,12-13,16-25,32-36,46-47,51H,8-9,11,14-15,26-31H2,1-7H3. The number of phenols is 1. The van der Waals surface area contributed by atoms with Gasteiger partial charge in [-0.3, -0.25) is 9.69 Å². The van der Waals surface area contributed by atoms with Gasteiger partial charge in [-0.1, -0.05) is 97.0 Å². The second-order valence-corrected chi connectivity index (χ2v) is 15.8. The molecule has 284 valence electrons. The highest BCUT2D eigenvalue weighted by molar-refractivity contribution is 5.99. The summed E-state index contributed by atoms with van der Waals surface area (Å²) in [6, 6.07) is 32.1. The summed E-state index contributed by atoms with van der Waals surface area (Å²) in [5.41, 5.74) is 8.45. The average molecular weight is 717 g/mol. The van der Waals surface area contributed by atoms with Crippen LogP contribution in [0.3, 0.4) is 0 Å². The van der Waals surface area contributed by atoms with E-state index in [0.29, 0.717) is 17.6 Å². The number of piperazine rings is 1. The van der Waals surface area contributed by atoms with Gasteiger partial charge in [0.25, 0.3) is 0 Å². The van der Waals surface area contributed by atoms with Crippen molar-refractivity contribution in [3.63, 3.8) is 0 Å². The predicted octanol–water partition coefficient (Wildman–Crippen LogP) is 11.2. The Morgan fingerprint density at radius 3 is 2.11 bits per heavy atom. The summed E-state index contributed by atoms with van der Waals surface area (Å²) in [5.74, 6) is 2.70. The van der Waals surface area contributed by atoms with Crippen molar-refractivity contribution in [2.45, 2.75) is 98.3 Å². The number of nitrogens with zero attached hydrogens (tertiary/aromatic N) is 2. The summed E-state index contributed by atoms with van der Waals surface area (Å²) < 4.78 is 6.27. The van der Waals surface area contributed by atoms with Gasteiger partial charge in [-0.15, -0.1) is 0 Å². The molecule has 0 radical (unpaired) electrons. The zero-order chi connectivity index (χ0) is 37.9. The summed E-state index contributed by atoms with van der Waals surface area (Å²) in [7, 11) is 0. The SMILES string of the molecule is CCc1cc(N2CCN(CCCCCOc3ccc(C(c4ccc(O)cc4C(C)CC)C(c4ccccc4)C(C)C)cc3)CC2)ccc1C(=O)C(C)C. The number of carbonyl (C=O) groups excluding carboxylic acids is 1. The molecule has 4 aromatic carbocycles. The van der Waals surface area contributed by atoms with Gasteiger partial charge in [-0.2, -0.15) is 0 Å². The van der Waals surface area contributed by atoms with Crippen LogP contribution in [-0.2, 0) is 6.42 Å². The Kier molecular flexibility index (Phi) is 14.6. The Hall–Kier alpha value is -4.09. The van der Waals surface area contributed by atoms with Gasteiger partial charge in [0.05, 0.1) is 6.61 Å². The van der Waals surface area contributed by atoms with Crippen molar-refractivity contribution in [3.05, 3.63) is 124 Å². The smallest absolute Gasteiger partial charge is 0.165 e. The highest BCUT2D eigenvalue weighted by Gasteiger charge is 2.31. The molecule has 3 atom stereocenters. The van der Waals surface area contributed by atoms with Crippen molar-refractivity contribution in [3.8, 4) is 11.5 Å². The van der Waals surface area contributed by atoms with Gasteiger partial charge in [0.2, 0.25) is 0 Å². The van der Waals surface area contributed by atoms with Crippen molar-refractivity contribution in [2.75, 3.05) is 44.2 Å². The second kappa shape index (κ2) is 19.3. The van der Waals surface area contributed by atoms with Gasteiger partial charge in [0, 0.05) is 49.3 Å². The number of anilines is 1. The molecular weight excluding hydrogens is 653 g/mol. The fraction of sp³-hybridized carbons (Fsp3) is 0.479. The first-order chi connectivity index (χ1) is 25.6. The number of carbonyl (C=O) groups is 1. The number of rotatable bonds is 18. The molecule has 0 aliphatic carbocycles. The molecular formula is C48H64N2O3. The van der Waals surface area contributed by atoms with Gasteiger partial charge in [0.1, 0.15) is 11.5 Å². The van der Waals surface area contributed by atoms with E-state index in [-0.39, 0.29) is 23.5 Å². The molecule has 0 amide bonds. The summed E-state index contributed by atoms with van der Waals surface area (Å²) in [6.07, 6.45) is 5.27. The van der Waals surface area contributed by atoms with Crippen molar-refractivity contribution in [1.82, 2.24) is 4.90 Å². The van der Waals surface area contributed by atoms with Crippen LogP contribution in [0.2, 0.25) is 0 Å². The Balaban J connectivity index is 1.14. The number of aromatic hydroxyl groups is 1. The highest BCUT2D eigenvalue weighted by atomic mass is 16.5. The molecule has 0 saturated carbocycles. The third-order valence-corrected chi connectivity index (χ3v) is 11.4. The lowest BCUT2D eigenvalue weighted by atomic mass is 9.70. The minimum absolute atomic E-state index is 0.0237. The molecule has 1 fully saturated rings. The number of ether oxygens (including phenoxy) is 1. The van der Waals surface area contributed by atoms with Crippen molar-refractivity contribution < 1.29 is 14.6 Å². The number of Topliss-reactive ketones (excluding diaryl/α,β-unsaturated/α-hetero) is 1. The van der Waals surface area contributed by atoms with Gasteiger partial charge >= 0.3 is 0 Å². The number of aryl methyl sites for hydroxylation is 1. The first kappa shape index (κ1) is 40.1. The number of hydrogen-bond acceptors (Lipinski definition) is 5. The van der Waals surface area contributed by atoms with Crippen LogP contribution >= 0.6 is 0 Å². The highest BCUT2D eigenvalue weighted by Crippen LogP contribution is 2.46. The Labute approximate surface area is 320 Å². The molecule has 1 N–H and O–H groups in total. The summed E-state index contributed by atoms with van der Waals surface area (Å²) >= 11 is 0. The zero-order valence-electron chi connectivity index (χ0n) is 33.5. The first-order valence-corrected chi connectivity index (χ1v) is 20.4. The molecule has 1 aliphatic heterocycles. The van der Waals surface area contributed by atoms with E-state index in [1.54, 1.807) is 0 Å². The lowest BCUT2D eigenvalue weighted by Gasteiger charge is -2.36. The fourth-order valence-electron chi connectivity index (χ4n) is 8.14. The third-order valence-electron chi connectivity index (χ3n) is 11.4. The van der Waals surface area contributed by atoms with Crippen molar-refractivity contribution >= 4 is 11.5 Å². The van der Waals surface area contributed by atoms with E-state index in [2.05, 4.69) is 117 Å². The molecule has 3 unspecified atom stereocenters. The molecule has 0 aromatic heterocycles. The number of phenolic OH excluding ortho intramolecular Hbond substituents is 1. The van der Waals surface area contributed by atoms with E-state index >= 15 is 0 Å². The molecule has 5 nitrogen and oxygen atoms in total. The number of benzene rings is 4. The molecule has 53 heavy (non-hydrogen) atoms. The van der Waals surface area contributed by atoms with Crippen molar-refractivity contribution in [2.24, 2.45) is 11.8 Å². The van der Waals surface area contributed by atoms with E-state index in [4.69, 9.17) is 4.74 Å². The molecule has 0 spiro atoms. The Morgan fingerprint density at radius 2 is 1.47 bits per heavy atom. The minimum Gasteiger partial charge on any atom is -0.508 e. The van der Waals surface area contributed by atoms with E-state index in [1.807, 2.05) is 32.0 Å². The number of hydrogen-bond donors (Lipinski definition) is 1. The number of unbranched alkanes of at least 4 members (excludes halogenated alkanes) is 2. The zero-order valence-corrected chi connectivity index (χ0v) is 33.5. The van der Waals surface area contributed by atoms with Crippen LogP contribution in [0.25, 0.3) is 0 Å². The lowest BCUT2D eigenvalue weighted by molar-refractivity contribution is 0.0938. The fourth-order valence-corrected chi connectivity index (χ4v) is 8.14. The van der Waals surface area contributed by atoms with Crippen LogP contribution in [0.1, 0.15) is 130 Å². The van der Waals surface area contributed by atoms with Crippen LogP contribution in [0.5, 0.6) is 11.5 Å². The summed E-state index contributed by atoms with van der Waals surface area (Å²) in [4.78, 5) is 17.7. The van der Waals surface area contributed by atoms with Crippen LogP contribution in [0.4, 0.5) is 5.69 Å². The maximum absolute atomic E-state index is 12.7. The van der Waals surface area contributed by atoms with Gasteiger partial charge in [-0.05, 0) is 127 Å². The van der Waals surface area contributed by atoms with Crippen molar-refractivity contribution in [1.29, 1.82) is 0 Å². The normalized spacial score (nSPS) is 15.5. The maximum atomic E-state index is 12.7. The van der Waals surface area contributed by atoms with Crippen LogP contribution in [0, 0.1) is 11.8 Å². The molecule has 5 heteroatoms. The lowest BCUT2D eigenvalue weighted by Crippen LogP contribution is -2.46. The first-order valence-electron chi connectivity index (χ1n) is 20.4. The molecule has 0 bridgehead atoms. The van der Waals surface area contributed by atoms with Crippen LogP contribution in [-0.4, -0.2) is 55.1 Å². The minimum atomic E-state index is 0.0237. The average Bonchev–Trinajstić information content (AvgIpc) is 3.18. The van der Waals surface area contributed by atoms with E-state index < -0.39 is 0 Å². The topological polar surface area (TPSA) is 53.0 Å². The van der Waals surface area contributed by atoms with E-state index in [0.717, 1.165) is 76.3 Å². The molecule has 5 rings (SSSR count). The largest absolute Gasteiger partial charge is 0.508 e. The Morgan fingerprint density at radius 1 is 0.755 bits per heavy atom. The Bertz CT molecular complexity index is 1720. The second-order valence-electron chi connectivity index (χ2n) is 15.8. The van der Waals surface area contributed by atoms with Gasteiger partial charge < -0.3 is 14.7 Å². The van der Waals surface area contributed by atoms with Crippen LogP contribution < -0.4 is 9.64 Å². The molecule has 4 aromatic rings. The maximum Gasteiger partial charge on any atom is 0.165 e. The number of ketones is 1. The molecule has 1 aliphatic rings. The van der Waals surface area contributed by atoms with E-state index in [9.17, 15) is 9.90 Å².